The molecule has 0 bridgehead atoms. The van der Waals surface area contributed by atoms with Gasteiger partial charge in [-0.25, -0.2) is 4.79 Å². The van der Waals surface area contributed by atoms with Gasteiger partial charge >= 0.3 is 6.03 Å². The van der Waals surface area contributed by atoms with Crippen LogP contribution in [0.25, 0.3) is 0 Å². The molecule has 0 radical (unpaired) electrons. The van der Waals surface area contributed by atoms with E-state index in [0.717, 1.165) is 11.5 Å². The highest BCUT2D eigenvalue weighted by molar-refractivity contribution is 8.00. The molecule has 0 aliphatic carbocycles. The summed E-state index contributed by atoms with van der Waals surface area (Å²) < 4.78 is 10.7. The van der Waals surface area contributed by atoms with Crippen molar-refractivity contribution in [1.82, 2.24) is 10.6 Å². The summed E-state index contributed by atoms with van der Waals surface area (Å²) in [6, 6.07) is 6.83. The summed E-state index contributed by atoms with van der Waals surface area (Å²) in [6.45, 7) is 7.80. The number of thioether (sulfide) groups is 1. The number of nitrogens with one attached hydrogen (secondary N) is 2. The molecule has 0 aliphatic heterocycles. The molecule has 7 heteroatoms. The van der Waals surface area contributed by atoms with Crippen LogP contribution >= 0.6 is 11.8 Å². The zero-order valence-corrected chi connectivity index (χ0v) is 15.7. The van der Waals surface area contributed by atoms with Crippen molar-refractivity contribution in [2.45, 2.75) is 38.5 Å². The molecule has 2 N–H and O–H groups in total. The molecular weight excluding hydrogens is 328 g/mol. The monoisotopic (exact) mass is 354 g/mol. The van der Waals surface area contributed by atoms with E-state index in [-0.39, 0.29) is 16.7 Å². The van der Waals surface area contributed by atoms with Gasteiger partial charge in [0.25, 0.3) is 0 Å². The maximum atomic E-state index is 11.9. The molecule has 134 valence electrons. The SMILES string of the molecule is COc1ccc(OCCSC(C)C(=O)NC(=O)NC(C)(C)C)cc1. The van der Waals surface area contributed by atoms with Crippen molar-refractivity contribution >= 4 is 23.7 Å². The molecule has 1 aromatic rings. The van der Waals surface area contributed by atoms with E-state index in [1.807, 2.05) is 45.0 Å². The first-order valence-corrected chi connectivity index (χ1v) is 8.77. The summed E-state index contributed by atoms with van der Waals surface area (Å²) in [4.78, 5) is 23.6. The minimum atomic E-state index is -0.477. The Bertz CT molecular complexity index is 541. The second-order valence-corrected chi connectivity index (χ2v) is 7.68. The Balaban J connectivity index is 2.26. The lowest BCUT2D eigenvalue weighted by molar-refractivity contribution is -0.119. The molecule has 1 rings (SSSR count). The first-order valence-electron chi connectivity index (χ1n) is 7.73. The third-order valence-electron chi connectivity index (χ3n) is 2.87. The van der Waals surface area contributed by atoms with Gasteiger partial charge in [0.2, 0.25) is 5.91 Å². The van der Waals surface area contributed by atoms with Crippen LogP contribution in [0, 0.1) is 0 Å². The second-order valence-electron chi connectivity index (χ2n) is 6.23. The van der Waals surface area contributed by atoms with E-state index in [4.69, 9.17) is 9.47 Å². The normalized spacial score (nSPS) is 12.2. The second kappa shape index (κ2) is 9.42. The first kappa shape index (κ1) is 20.2. The molecule has 0 aromatic heterocycles. The van der Waals surface area contributed by atoms with Crippen LogP contribution in [0.3, 0.4) is 0 Å². The van der Waals surface area contributed by atoms with E-state index < -0.39 is 6.03 Å². The lowest BCUT2D eigenvalue weighted by atomic mass is 10.1. The van der Waals surface area contributed by atoms with Crippen molar-refractivity contribution in [3.8, 4) is 11.5 Å². The molecule has 0 aliphatic rings. The average molecular weight is 354 g/mol. The van der Waals surface area contributed by atoms with Crippen molar-refractivity contribution in [3.63, 3.8) is 0 Å². The predicted molar refractivity (Wildman–Crippen MR) is 96.8 cm³/mol. The van der Waals surface area contributed by atoms with Crippen LogP contribution in [0.1, 0.15) is 27.7 Å². The number of carbonyl (C=O) groups excluding carboxylic acids is 2. The van der Waals surface area contributed by atoms with E-state index in [0.29, 0.717) is 12.4 Å². The fourth-order valence-electron chi connectivity index (χ4n) is 1.72. The van der Waals surface area contributed by atoms with Gasteiger partial charge in [0.1, 0.15) is 11.5 Å². The minimum absolute atomic E-state index is 0.314. The van der Waals surface area contributed by atoms with E-state index >= 15 is 0 Å². The molecule has 0 heterocycles. The Morgan fingerprint density at radius 1 is 1.17 bits per heavy atom. The maximum Gasteiger partial charge on any atom is 0.321 e. The zero-order valence-electron chi connectivity index (χ0n) is 14.8. The largest absolute Gasteiger partial charge is 0.497 e. The van der Waals surface area contributed by atoms with Gasteiger partial charge in [0, 0.05) is 11.3 Å². The summed E-state index contributed by atoms with van der Waals surface area (Å²) in [6.07, 6.45) is 0. The summed E-state index contributed by atoms with van der Waals surface area (Å²) in [5, 5.41) is 4.69. The molecule has 0 spiro atoms. The van der Waals surface area contributed by atoms with E-state index in [1.54, 1.807) is 14.0 Å². The maximum absolute atomic E-state index is 11.9. The van der Waals surface area contributed by atoms with Crippen LogP contribution in [-0.4, -0.2) is 42.2 Å². The zero-order chi connectivity index (χ0) is 18.2. The molecule has 3 amide bonds. The molecular formula is C17H26N2O4S. The van der Waals surface area contributed by atoms with Gasteiger partial charge in [0.15, 0.2) is 0 Å². The highest BCUT2D eigenvalue weighted by Gasteiger charge is 2.19. The number of methoxy groups -OCH3 is 1. The van der Waals surface area contributed by atoms with Gasteiger partial charge in [-0.05, 0) is 52.0 Å². The first-order chi connectivity index (χ1) is 11.2. The molecule has 1 aromatic carbocycles. The van der Waals surface area contributed by atoms with Gasteiger partial charge in [-0.2, -0.15) is 0 Å². The number of hydrogen-bond acceptors (Lipinski definition) is 5. The van der Waals surface area contributed by atoms with Gasteiger partial charge in [-0.1, -0.05) is 0 Å². The van der Waals surface area contributed by atoms with E-state index in [2.05, 4.69) is 10.6 Å². The van der Waals surface area contributed by atoms with Crippen LogP contribution in [-0.2, 0) is 4.79 Å². The quantitative estimate of drug-likeness (QED) is 0.736. The van der Waals surface area contributed by atoms with Gasteiger partial charge in [-0.15, -0.1) is 11.8 Å². The minimum Gasteiger partial charge on any atom is -0.497 e. The summed E-state index contributed by atoms with van der Waals surface area (Å²) in [5.41, 5.74) is -0.382. The van der Waals surface area contributed by atoms with E-state index in [1.165, 1.54) is 11.8 Å². The Morgan fingerprint density at radius 2 is 1.75 bits per heavy atom. The van der Waals surface area contributed by atoms with Crippen LogP contribution in [0.5, 0.6) is 11.5 Å². The lowest BCUT2D eigenvalue weighted by Gasteiger charge is -2.21. The fourth-order valence-corrected chi connectivity index (χ4v) is 2.46. The molecule has 0 saturated heterocycles. The number of carbonyl (C=O) groups is 2. The van der Waals surface area contributed by atoms with Crippen molar-refractivity contribution in [2.24, 2.45) is 0 Å². The smallest absolute Gasteiger partial charge is 0.321 e. The molecule has 1 unspecified atom stereocenters. The van der Waals surface area contributed by atoms with Crippen molar-refractivity contribution in [3.05, 3.63) is 24.3 Å². The summed E-state index contributed by atoms with van der Waals surface area (Å²) in [5.74, 6) is 1.85. The van der Waals surface area contributed by atoms with Crippen molar-refractivity contribution in [2.75, 3.05) is 19.5 Å². The van der Waals surface area contributed by atoms with Crippen molar-refractivity contribution in [1.29, 1.82) is 0 Å². The number of benzene rings is 1. The highest BCUT2D eigenvalue weighted by Crippen LogP contribution is 2.18. The number of ether oxygens (including phenoxy) is 2. The Morgan fingerprint density at radius 3 is 2.29 bits per heavy atom. The molecule has 0 saturated carbocycles. The van der Waals surface area contributed by atoms with Crippen LogP contribution in [0.2, 0.25) is 0 Å². The molecule has 0 fully saturated rings. The van der Waals surface area contributed by atoms with Gasteiger partial charge in [-0.3, -0.25) is 10.1 Å². The molecule has 24 heavy (non-hydrogen) atoms. The standard InChI is InChI=1S/C17H26N2O4S/c1-12(15(20)18-16(21)19-17(2,3)4)24-11-10-23-14-8-6-13(22-5)7-9-14/h6-9,12H,10-11H2,1-5H3,(H2,18,19,20,21). The van der Waals surface area contributed by atoms with Crippen LogP contribution < -0.4 is 20.1 Å². The Hall–Kier alpha value is -1.89. The number of hydrogen-bond donors (Lipinski definition) is 2. The van der Waals surface area contributed by atoms with Gasteiger partial charge < -0.3 is 14.8 Å². The van der Waals surface area contributed by atoms with Crippen molar-refractivity contribution < 1.29 is 19.1 Å². The van der Waals surface area contributed by atoms with Crippen LogP contribution in [0.15, 0.2) is 24.3 Å². The number of amides is 3. The third kappa shape index (κ3) is 8.10. The topological polar surface area (TPSA) is 76.7 Å². The third-order valence-corrected chi connectivity index (χ3v) is 3.99. The fraction of sp³-hybridized carbons (Fsp3) is 0.529. The van der Waals surface area contributed by atoms with E-state index in [9.17, 15) is 9.59 Å². The highest BCUT2D eigenvalue weighted by atomic mass is 32.2. The summed E-state index contributed by atoms with van der Waals surface area (Å²) in [7, 11) is 1.61. The van der Waals surface area contributed by atoms with Gasteiger partial charge in [0.05, 0.1) is 19.0 Å². The average Bonchev–Trinajstić information content (AvgIpc) is 2.49. The number of urea groups is 1. The molecule has 1 atom stereocenters. The lowest BCUT2D eigenvalue weighted by Crippen LogP contribution is -2.49. The van der Waals surface area contributed by atoms with Crippen LogP contribution in [0.4, 0.5) is 4.79 Å². The molecule has 6 nitrogen and oxygen atoms in total. The number of rotatable bonds is 7. The number of imide groups is 1. The predicted octanol–water partition coefficient (Wildman–Crippen LogP) is 2.82. The Kier molecular flexibility index (Phi) is 7.91. The summed E-state index contributed by atoms with van der Waals surface area (Å²) >= 11 is 1.43. The Labute approximate surface area is 147 Å².